The minimum atomic E-state index is -0.00402. The molecule has 0 unspecified atom stereocenters. The molecule has 3 aromatic carbocycles. The molecule has 3 nitrogen and oxygen atoms in total. The number of rotatable bonds is 2. The van der Waals surface area contributed by atoms with Gasteiger partial charge in [-0.2, -0.15) is 0 Å². The highest BCUT2D eigenvalue weighted by Crippen LogP contribution is 2.36. The van der Waals surface area contributed by atoms with Gasteiger partial charge in [0.25, 0.3) is 0 Å². The highest BCUT2D eigenvalue weighted by atomic mass is 16.2. The van der Waals surface area contributed by atoms with Crippen molar-refractivity contribution in [3.05, 3.63) is 95.6 Å². The summed E-state index contributed by atoms with van der Waals surface area (Å²) in [5, 5.41) is 0. The van der Waals surface area contributed by atoms with E-state index < -0.39 is 0 Å². The van der Waals surface area contributed by atoms with Gasteiger partial charge < -0.3 is 4.90 Å². The number of para-hydroxylation sites is 2. The first-order valence-electron chi connectivity index (χ1n) is 8.99. The van der Waals surface area contributed by atoms with E-state index in [1.54, 1.807) is 4.90 Å². The molecule has 26 heavy (non-hydrogen) atoms. The Hall–Kier alpha value is -3.07. The molecule has 3 aromatic rings. The van der Waals surface area contributed by atoms with Crippen LogP contribution in [0.25, 0.3) is 0 Å². The number of hydrogen-bond donors (Lipinski definition) is 0. The molecule has 0 radical (unpaired) electrons. The van der Waals surface area contributed by atoms with Gasteiger partial charge in [-0.25, -0.2) is 4.79 Å². The molecule has 0 atom stereocenters. The van der Waals surface area contributed by atoms with Crippen molar-refractivity contribution in [1.82, 2.24) is 4.90 Å². The number of amides is 2. The Morgan fingerprint density at radius 2 is 1.31 bits per heavy atom. The van der Waals surface area contributed by atoms with E-state index >= 15 is 0 Å². The number of carbonyl (C=O) groups excluding carboxylic acids is 1. The molecule has 0 fully saturated rings. The third kappa shape index (κ3) is 3.08. The maximum atomic E-state index is 13.4. The van der Waals surface area contributed by atoms with Crippen LogP contribution >= 0.6 is 0 Å². The Morgan fingerprint density at radius 1 is 0.808 bits per heavy atom. The molecule has 0 N–H and O–H groups in total. The van der Waals surface area contributed by atoms with Gasteiger partial charge in [0.1, 0.15) is 0 Å². The van der Waals surface area contributed by atoms with Gasteiger partial charge in [-0.1, -0.05) is 66.7 Å². The lowest BCUT2D eigenvalue weighted by Crippen LogP contribution is -2.38. The number of benzene rings is 3. The monoisotopic (exact) mass is 342 g/mol. The highest BCUT2D eigenvalue weighted by Gasteiger charge is 2.27. The molecule has 0 aromatic heterocycles. The second-order valence-electron chi connectivity index (χ2n) is 6.72. The first kappa shape index (κ1) is 16.4. The summed E-state index contributed by atoms with van der Waals surface area (Å²) in [4.78, 5) is 17.1. The molecule has 1 heterocycles. The van der Waals surface area contributed by atoms with E-state index in [2.05, 4.69) is 12.1 Å². The fraction of sp³-hybridized carbons (Fsp3) is 0.174. The summed E-state index contributed by atoms with van der Waals surface area (Å²) < 4.78 is 0. The van der Waals surface area contributed by atoms with Gasteiger partial charge in [-0.15, -0.1) is 0 Å². The van der Waals surface area contributed by atoms with Crippen molar-refractivity contribution in [2.24, 2.45) is 0 Å². The van der Waals surface area contributed by atoms with Gasteiger partial charge >= 0.3 is 6.03 Å². The quantitative estimate of drug-likeness (QED) is 0.630. The zero-order valence-corrected chi connectivity index (χ0v) is 14.9. The maximum absolute atomic E-state index is 13.4. The third-order valence-corrected chi connectivity index (χ3v) is 4.91. The van der Waals surface area contributed by atoms with Crippen LogP contribution in [0.5, 0.6) is 0 Å². The van der Waals surface area contributed by atoms with Gasteiger partial charge in [0, 0.05) is 13.6 Å². The van der Waals surface area contributed by atoms with Crippen LogP contribution in [-0.4, -0.2) is 18.0 Å². The van der Waals surface area contributed by atoms with Gasteiger partial charge in [0.2, 0.25) is 0 Å². The van der Waals surface area contributed by atoms with Gasteiger partial charge in [-0.05, 0) is 41.7 Å². The van der Waals surface area contributed by atoms with Crippen LogP contribution in [0.2, 0.25) is 0 Å². The van der Waals surface area contributed by atoms with E-state index in [4.69, 9.17) is 0 Å². The smallest absolute Gasteiger partial charge is 0.323 e. The lowest BCUT2D eigenvalue weighted by molar-refractivity contribution is 0.216. The molecule has 3 heteroatoms. The average molecular weight is 342 g/mol. The molecule has 1 aliphatic heterocycles. The SMILES string of the molecule is CN(Cc1ccccc1)C(=O)N1c2ccccc2CCc2ccccc21. The van der Waals surface area contributed by atoms with Crippen LogP contribution < -0.4 is 4.90 Å². The number of anilines is 2. The second-order valence-corrected chi connectivity index (χ2v) is 6.72. The lowest BCUT2D eigenvalue weighted by atomic mass is 10.0. The number of carbonyl (C=O) groups is 1. The van der Waals surface area contributed by atoms with Crippen molar-refractivity contribution in [2.75, 3.05) is 11.9 Å². The second kappa shape index (κ2) is 7.04. The number of fused-ring (bicyclic) bond motifs is 2. The highest BCUT2D eigenvalue weighted by molar-refractivity contribution is 6.01. The summed E-state index contributed by atoms with van der Waals surface area (Å²) in [5.74, 6) is 0. The van der Waals surface area contributed by atoms with Crippen LogP contribution in [0.1, 0.15) is 16.7 Å². The maximum Gasteiger partial charge on any atom is 0.329 e. The first-order chi connectivity index (χ1) is 12.7. The molecule has 2 amide bonds. The van der Waals surface area contributed by atoms with Crippen molar-refractivity contribution >= 4 is 17.4 Å². The van der Waals surface area contributed by atoms with Gasteiger partial charge in [-0.3, -0.25) is 4.90 Å². The molecule has 0 saturated carbocycles. The van der Waals surface area contributed by atoms with E-state index in [9.17, 15) is 4.79 Å². The third-order valence-electron chi connectivity index (χ3n) is 4.91. The van der Waals surface area contributed by atoms with Crippen LogP contribution in [0.3, 0.4) is 0 Å². The van der Waals surface area contributed by atoms with E-state index in [1.807, 2.05) is 78.7 Å². The number of aryl methyl sites for hydroxylation is 2. The topological polar surface area (TPSA) is 23.6 Å². The summed E-state index contributed by atoms with van der Waals surface area (Å²) in [7, 11) is 1.87. The Labute approximate surface area is 154 Å². The Morgan fingerprint density at radius 3 is 1.88 bits per heavy atom. The minimum Gasteiger partial charge on any atom is -0.323 e. The average Bonchev–Trinajstić information content (AvgIpc) is 2.85. The molecular weight excluding hydrogens is 320 g/mol. The molecule has 0 bridgehead atoms. The zero-order chi connectivity index (χ0) is 17.9. The molecule has 0 saturated heterocycles. The fourth-order valence-corrected chi connectivity index (χ4v) is 3.58. The van der Waals surface area contributed by atoms with E-state index in [1.165, 1.54) is 11.1 Å². The molecule has 130 valence electrons. The molecule has 0 spiro atoms. The fourth-order valence-electron chi connectivity index (χ4n) is 3.58. The van der Waals surface area contributed by atoms with Crippen molar-refractivity contribution in [3.63, 3.8) is 0 Å². The Kier molecular flexibility index (Phi) is 4.44. The summed E-state index contributed by atoms with van der Waals surface area (Å²) in [6, 6.07) is 26.5. The number of hydrogen-bond acceptors (Lipinski definition) is 1. The van der Waals surface area contributed by atoms with Crippen molar-refractivity contribution < 1.29 is 4.79 Å². The minimum absolute atomic E-state index is 0.00402. The summed E-state index contributed by atoms with van der Waals surface area (Å²) in [6.07, 6.45) is 1.89. The summed E-state index contributed by atoms with van der Waals surface area (Å²) in [6.45, 7) is 0.584. The zero-order valence-electron chi connectivity index (χ0n) is 14.9. The first-order valence-corrected chi connectivity index (χ1v) is 8.99. The summed E-state index contributed by atoms with van der Waals surface area (Å²) >= 11 is 0. The van der Waals surface area contributed by atoms with Crippen LogP contribution in [0.15, 0.2) is 78.9 Å². The largest absolute Gasteiger partial charge is 0.329 e. The Balaban J connectivity index is 1.73. The van der Waals surface area contributed by atoms with E-state index in [0.29, 0.717) is 6.54 Å². The lowest BCUT2D eigenvalue weighted by Gasteiger charge is -2.29. The van der Waals surface area contributed by atoms with Crippen LogP contribution in [0.4, 0.5) is 16.2 Å². The van der Waals surface area contributed by atoms with Gasteiger partial charge in [0.05, 0.1) is 11.4 Å². The van der Waals surface area contributed by atoms with E-state index in [-0.39, 0.29) is 6.03 Å². The molecular formula is C23H22N2O. The number of nitrogens with zero attached hydrogens (tertiary/aromatic N) is 2. The van der Waals surface area contributed by atoms with E-state index in [0.717, 1.165) is 29.8 Å². The van der Waals surface area contributed by atoms with Crippen LogP contribution in [-0.2, 0) is 19.4 Å². The number of urea groups is 1. The normalized spacial score (nSPS) is 12.7. The molecule has 0 aliphatic carbocycles. The standard InChI is InChI=1S/C23H22N2O/c1-24(17-18-9-3-2-4-10-18)23(26)25-21-13-7-5-11-19(21)15-16-20-12-6-8-14-22(20)25/h2-14H,15-17H2,1H3. The van der Waals surface area contributed by atoms with Crippen molar-refractivity contribution in [1.29, 1.82) is 0 Å². The predicted octanol–water partition coefficient (Wildman–Crippen LogP) is 5.18. The van der Waals surface area contributed by atoms with Crippen molar-refractivity contribution in [3.8, 4) is 0 Å². The Bertz CT molecular complexity index is 873. The van der Waals surface area contributed by atoms with Gasteiger partial charge in [0.15, 0.2) is 0 Å². The predicted molar refractivity (Wildman–Crippen MR) is 106 cm³/mol. The summed E-state index contributed by atoms with van der Waals surface area (Å²) in [5.41, 5.74) is 5.53. The van der Waals surface area contributed by atoms with Crippen LogP contribution in [0, 0.1) is 0 Å². The molecule has 1 aliphatic rings. The van der Waals surface area contributed by atoms with Crippen molar-refractivity contribution in [2.45, 2.75) is 19.4 Å². The molecule has 4 rings (SSSR count).